The van der Waals surface area contributed by atoms with Gasteiger partial charge in [-0.2, -0.15) is 5.10 Å². The molecular formula is C13H25N3O. The van der Waals surface area contributed by atoms with E-state index in [1.807, 2.05) is 17.9 Å². The van der Waals surface area contributed by atoms with Gasteiger partial charge in [0.2, 0.25) is 0 Å². The maximum atomic E-state index is 5.66. The first-order chi connectivity index (χ1) is 8.11. The Bertz CT molecular complexity index is 331. The fourth-order valence-electron chi connectivity index (χ4n) is 2.17. The van der Waals surface area contributed by atoms with Crippen LogP contribution in [-0.2, 0) is 11.3 Å². The Hall–Kier alpha value is -0.870. The summed E-state index contributed by atoms with van der Waals surface area (Å²) in [6, 6.07) is 0.170. The summed E-state index contributed by atoms with van der Waals surface area (Å²) in [7, 11) is 3.74. The molecule has 0 aliphatic carbocycles. The van der Waals surface area contributed by atoms with Gasteiger partial charge in [-0.15, -0.1) is 0 Å². The van der Waals surface area contributed by atoms with Gasteiger partial charge in [-0.1, -0.05) is 13.8 Å². The van der Waals surface area contributed by atoms with Gasteiger partial charge in [0, 0.05) is 25.4 Å². The Morgan fingerprint density at radius 2 is 2.24 bits per heavy atom. The van der Waals surface area contributed by atoms with E-state index in [1.165, 1.54) is 5.56 Å². The first-order valence-corrected chi connectivity index (χ1v) is 6.36. The third-order valence-electron chi connectivity index (χ3n) is 3.51. The summed E-state index contributed by atoms with van der Waals surface area (Å²) >= 11 is 0. The van der Waals surface area contributed by atoms with Crippen molar-refractivity contribution in [1.29, 1.82) is 0 Å². The summed E-state index contributed by atoms with van der Waals surface area (Å²) in [6.45, 7) is 7.39. The van der Waals surface area contributed by atoms with Crippen LogP contribution in [0.25, 0.3) is 0 Å². The van der Waals surface area contributed by atoms with Crippen molar-refractivity contribution in [2.24, 2.45) is 0 Å². The molecule has 1 heterocycles. The largest absolute Gasteiger partial charge is 0.377 e. The molecule has 4 heteroatoms. The van der Waals surface area contributed by atoms with Crippen molar-refractivity contribution in [1.82, 2.24) is 15.1 Å². The van der Waals surface area contributed by atoms with Gasteiger partial charge in [-0.25, -0.2) is 0 Å². The van der Waals surface area contributed by atoms with Crippen molar-refractivity contribution >= 4 is 0 Å². The molecule has 2 atom stereocenters. The predicted molar refractivity (Wildman–Crippen MR) is 70.0 cm³/mol. The Balaban J connectivity index is 2.92. The maximum Gasteiger partial charge on any atom is 0.0843 e. The quantitative estimate of drug-likeness (QED) is 0.794. The van der Waals surface area contributed by atoms with Crippen LogP contribution in [0.2, 0.25) is 0 Å². The standard InChI is InChI=1S/C13H25N3O/c1-6-8-16-10-11(9-15-16)12(14-4)13(3,7-2)17-5/h9-10,12,14H,6-8H2,1-5H3. The molecule has 1 N–H and O–H groups in total. The minimum Gasteiger partial charge on any atom is -0.377 e. The molecule has 0 saturated carbocycles. The average molecular weight is 239 g/mol. The van der Waals surface area contributed by atoms with Crippen molar-refractivity contribution < 1.29 is 4.74 Å². The molecule has 0 aromatic carbocycles. The zero-order valence-corrected chi connectivity index (χ0v) is 11.7. The molecule has 1 aromatic heterocycles. The molecule has 4 nitrogen and oxygen atoms in total. The Labute approximate surface area is 104 Å². The fraction of sp³-hybridized carbons (Fsp3) is 0.769. The van der Waals surface area contributed by atoms with E-state index < -0.39 is 0 Å². The smallest absolute Gasteiger partial charge is 0.0843 e. The molecule has 0 fully saturated rings. The van der Waals surface area contributed by atoms with Crippen LogP contribution in [0, 0.1) is 0 Å². The van der Waals surface area contributed by atoms with Crippen LogP contribution in [0.15, 0.2) is 12.4 Å². The van der Waals surface area contributed by atoms with E-state index in [9.17, 15) is 0 Å². The van der Waals surface area contributed by atoms with Crippen LogP contribution >= 0.6 is 0 Å². The highest BCUT2D eigenvalue weighted by Gasteiger charge is 2.33. The van der Waals surface area contributed by atoms with E-state index in [1.54, 1.807) is 7.11 Å². The molecule has 0 amide bonds. The van der Waals surface area contributed by atoms with Gasteiger partial charge in [-0.3, -0.25) is 4.68 Å². The van der Waals surface area contributed by atoms with Crippen molar-refractivity contribution in [3.8, 4) is 0 Å². The number of nitrogens with one attached hydrogen (secondary N) is 1. The predicted octanol–water partition coefficient (Wildman–Crippen LogP) is 2.37. The Kier molecular flexibility index (Phi) is 5.15. The first-order valence-electron chi connectivity index (χ1n) is 6.36. The van der Waals surface area contributed by atoms with Crippen molar-refractivity contribution in [3.63, 3.8) is 0 Å². The molecule has 0 aliphatic heterocycles. The zero-order chi connectivity index (χ0) is 12.9. The van der Waals surface area contributed by atoms with Gasteiger partial charge >= 0.3 is 0 Å². The van der Waals surface area contributed by atoms with Crippen molar-refractivity contribution in [3.05, 3.63) is 18.0 Å². The molecule has 2 unspecified atom stereocenters. The summed E-state index contributed by atoms with van der Waals surface area (Å²) in [5, 5.41) is 7.72. The number of hydrogen-bond donors (Lipinski definition) is 1. The SMILES string of the molecule is CCCn1cc(C(NC)C(C)(CC)OC)cn1. The second-order valence-corrected chi connectivity index (χ2v) is 4.63. The average Bonchev–Trinajstić information content (AvgIpc) is 2.78. The third-order valence-corrected chi connectivity index (χ3v) is 3.51. The highest BCUT2D eigenvalue weighted by molar-refractivity contribution is 5.15. The molecule has 0 saturated heterocycles. The Morgan fingerprint density at radius 1 is 1.53 bits per heavy atom. The highest BCUT2D eigenvalue weighted by atomic mass is 16.5. The second kappa shape index (κ2) is 6.17. The molecule has 98 valence electrons. The molecule has 0 spiro atoms. The van der Waals surface area contributed by atoms with Crippen LogP contribution in [0.1, 0.15) is 45.2 Å². The van der Waals surface area contributed by atoms with Gasteiger partial charge < -0.3 is 10.1 Å². The minimum absolute atomic E-state index is 0.170. The lowest BCUT2D eigenvalue weighted by Crippen LogP contribution is -2.41. The minimum atomic E-state index is -0.200. The normalized spacial score (nSPS) is 16.8. The lowest BCUT2D eigenvalue weighted by Gasteiger charge is -2.35. The Morgan fingerprint density at radius 3 is 2.71 bits per heavy atom. The lowest BCUT2D eigenvalue weighted by atomic mass is 9.89. The number of methoxy groups -OCH3 is 1. The van der Waals surface area contributed by atoms with E-state index in [0.29, 0.717) is 0 Å². The number of hydrogen-bond acceptors (Lipinski definition) is 3. The number of aromatic nitrogens is 2. The highest BCUT2D eigenvalue weighted by Crippen LogP contribution is 2.31. The number of likely N-dealkylation sites (N-methyl/N-ethyl adjacent to an activating group) is 1. The zero-order valence-electron chi connectivity index (χ0n) is 11.7. The van der Waals surface area contributed by atoms with Gasteiger partial charge in [0.1, 0.15) is 0 Å². The van der Waals surface area contributed by atoms with E-state index in [-0.39, 0.29) is 11.6 Å². The number of ether oxygens (including phenoxy) is 1. The number of aryl methyl sites for hydroxylation is 1. The van der Waals surface area contributed by atoms with Crippen molar-refractivity contribution in [2.75, 3.05) is 14.2 Å². The van der Waals surface area contributed by atoms with Gasteiger partial charge in [0.15, 0.2) is 0 Å². The monoisotopic (exact) mass is 239 g/mol. The first kappa shape index (κ1) is 14.2. The van der Waals surface area contributed by atoms with Crippen LogP contribution in [-0.4, -0.2) is 29.5 Å². The molecule has 1 aromatic rings. The van der Waals surface area contributed by atoms with Gasteiger partial charge in [-0.05, 0) is 26.8 Å². The summed E-state index contributed by atoms with van der Waals surface area (Å²) < 4.78 is 7.66. The van der Waals surface area contributed by atoms with Crippen LogP contribution in [0.5, 0.6) is 0 Å². The van der Waals surface area contributed by atoms with E-state index >= 15 is 0 Å². The topological polar surface area (TPSA) is 39.1 Å². The molecule has 0 bridgehead atoms. The number of rotatable bonds is 7. The molecule has 1 rings (SSSR count). The lowest BCUT2D eigenvalue weighted by molar-refractivity contribution is -0.0280. The fourth-order valence-corrected chi connectivity index (χ4v) is 2.17. The summed E-state index contributed by atoms with van der Waals surface area (Å²) in [5.41, 5.74) is 0.988. The van der Waals surface area contributed by atoms with Crippen LogP contribution in [0.3, 0.4) is 0 Å². The molecule has 17 heavy (non-hydrogen) atoms. The van der Waals surface area contributed by atoms with Crippen LogP contribution < -0.4 is 5.32 Å². The van der Waals surface area contributed by atoms with Gasteiger partial charge in [0.05, 0.1) is 17.8 Å². The van der Waals surface area contributed by atoms with E-state index in [0.717, 1.165) is 19.4 Å². The number of nitrogens with zero attached hydrogens (tertiary/aromatic N) is 2. The maximum absolute atomic E-state index is 5.66. The van der Waals surface area contributed by atoms with Crippen LogP contribution in [0.4, 0.5) is 0 Å². The molecule has 0 aliphatic rings. The molecular weight excluding hydrogens is 214 g/mol. The molecule has 0 radical (unpaired) electrons. The van der Waals surface area contributed by atoms with Crippen molar-refractivity contribution in [2.45, 2.75) is 51.8 Å². The summed E-state index contributed by atoms with van der Waals surface area (Å²) in [4.78, 5) is 0. The summed E-state index contributed by atoms with van der Waals surface area (Å²) in [5.74, 6) is 0. The van der Waals surface area contributed by atoms with E-state index in [2.05, 4.69) is 37.4 Å². The summed E-state index contributed by atoms with van der Waals surface area (Å²) in [6.07, 6.45) is 6.09. The second-order valence-electron chi connectivity index (χ2n) is 4.63. The van der Waals surface area contributed by atoms with Gasteiger partial charge in [0.25, 0.3) is 0 Å². The third kappa shape index (κ3) is 3.07. The van der Waals surface area contributed by atoms with E-state index in [4.69, 9.17) is 4.74 Å².